The van der Waals surface area contributed by atoms with Gasteiger partial charge < -0.3 is 38.4 Å². The van der Waals surface area contributed by atoms with E-state index in [1.54, 1.807) is 53.1 Å². The van der Waals surface area contributed by atoms with Crippen molar-refractivity contribution in [3.63, 3.8) is 0 Å². The molecule has 0 spiro atoms. The number of aromatic amines is 1. The summed E-state index contributed by atoms with van der Waals surface area (Å²) in [5, 5.41) is 12.7. The van der Waals surface area contributed by atoms with Crippen LogP contribution < -0.4 is 10.9 Å². The molecule has 4 aromatic heterocycles. The second-order valence-electron chi connectivity index (χ2n) is 16.3. The Balaban J connectivity index is 1.18. The number of anilines is 1. The number of aliphatic hydroxyl groups excluding tert-OH is 1. The molecular weight excluding hydrogens is 857 g/mol. The predicted molar refractivity (Wildman–Crippen MR) is 224 cm³/mol. The minimum absolute atomic E-state index is 0.108. The molecule has 322 valence electrons. The largest absolute Gasteiger partial charge is 0.695 e. The van der Waals surface area contributed by atoms with Crippen LogP contribution in [0.25, 0.3) is 22.3 Å². The molecule has 2 aliphatic heterocycles. The number of carbonyl (C=O) groups is 1. The Kier molecular flexibility index (Phi) is 12.7. The average molecular weight is 905 g/mol. The first-order valence-electron chi connectivity index (χ1n) is 19.1. The van der Waals surface area contributed by atoms with Crippen molar-refractivity contribution in [3.05, 3.63) is 71.1 Å². The summed E-state index contributed by atoms with van der Waals surface area (Å²) in [5.74, 6) is -0.252. The highest BCUT2D eigenvalue weighted by Gasteiger charge is 2.55. The Labute approximate surface area is 351 Å². The summed E-state index contributed by atoms with van der Waals surface area (Å²) in [6.07, 6.45) is -2.33. The van der Waals surface area contributed by atoms with Gasteiger partial charge in [0.05, 0.1) is 32.0 Å². The third-order valence-corrected chi connectivity index (χ3v) is 17.8. The van der Waals surface area contributed by atoms with Gasteiger partial charge in [0.25, 0.3) is 11.5 Å². The van der Waals surface area contributed by atoms with E-state index in [0.717, 1.165) is 0 Å². The van der Waals surface area contributed by atoms with Crippen molar-refractivity contribution >= 4 is 68.9 Å². The number of aromatic nitrogens is 8. The Morgan fingerprint density at radius 3 is 2.33 bits per heavy atom. The molecule has 20 nitrogen and oxygen atoms in total. The van der Waals surface area contributed by atoms with Gasteiger partial charge in [-0.3, -0.25) is 18.7 Å². The van der Waals surface area contributed by atoms with Gasteiger partial charge in [0.2, 0.25) is 0 Å². The standard InChI is InChI=1S/C36H47N9O11P2SSi/c1-19-22(14-46)52-34(45-18-40-25-31(45)41-20(2)42-33(25)48)26(19)55-58(6,59)51-15-23-27(54-57(49)50)28(56-60(7,8)36(3,4)5)35(53-23)44-17-39-24-29(37-16-38-30(24)44)43-32(47)21-12-10-9-11-13-21/h9-13,16-19,22-23,26-28,34-35,46H,14-15H2,1-8H3,(H2-,37,38,41,42,43,47,48,49,50)/p+1/t19?,22-,23-,26+,27+,28?,34-,35-,58?/m1/s1. The topological polar surface area (TPSA) is 249 Å². The molecule has 7 rings (SSSR count). The van der Waals surface area contributed by atoms with E-state index >= 15 is 0 Å². The summed E-state index contributed by atoms with van der Waals surface area (Å²) in [5.41, 5.74) is 0.939. The lowest BCUT2D eigenvalue weighted by atomic mass is 10.0. The molecule has 1 aromatic carbocycles. The van der Waals surface area contributed by atoms with Crippen molar-refractivity contribution in [1.82, 2.24) is 39.0 Å². The number of nitrogens with one attached hydrogen (secondary N) is 2. The van der Waals surface area contributed by atoms with E-state index in [4.69, 9.17) is 39.3 Å². The Hall–Kier alpha value is -3.76. The minimum atomic E-state index is -3.23. The fraction of sp³-hybridized carbons (Fsp3) is 0.528. The summed E-state index contributed by atoms with van der Waals surface area (Å²) >= 11 is 5.97. The van der Waals surface area contributed by atoms with Crippen molar-refractivity contribution < 1.29 is 46.8 Å². The van der Waals surface area contributed by atoms with Gasteiger partial charge >= 0.3 is 8.25 Å². The van der Waals surface area contributed by atoms with Crippen LogP contribution in [0.3, 0.4) is 0 Å². The van der Waals surface area contributed by atoms with Crippen molar-refractivity contribution in [3.8, 4) is 0 Å². The van der Waals surface area contributed by atoms with Crippen LogP contribution in [0.2, 0.25) is 18.1 Å². The lowest BCUT2D eigenvalue weighted by Gasteiger charge is -2.40. The second-order valence-corrected chi connectivity index (χ2v) is 25.7. The van der Waals surface area contributed by atoms with Crippen molar-refractivity contribution in [2.45, 2.75) is 95.7 Å². The van der Waals surface area contributed by atoms with E-state index in [-0.39, 0.29) is 40.8 Å². The molecule has 5 aromatic rings. The molecule has 10 atom stereocenters. The quantitative estimate of drug-likeness (QED) is 0.0870. The van der Waals surface area contributed by atoms with Gasteiger partial charge in [0, 0.05) is 22.7 Å². The van der Waals surface area contributed by atoms with E-state index in [9.17, 15) is 24.2 Å². The Morgan fingerprint density at radius 1 is 1.02 bits per heavy atom. The number of carbonyl (C=O) groups excluding carboxylic acids is 1. The van der Waals surface area contributed by atoms with E-state index in [1.807, 2.05) is 20.0 Å². The van der Waals surface area contributed by atoms with Gasteiger partial charge in [-0.05, 0) is 49.0 Å². The summed E-state index contributed by atoms with van der Waals surface area (Å²) in [6.45, 7) is 11.6. The van der Waals surface area contributed by atoms with E-state index in [2.05, 4.69) is 56.0 Å². The van der Waals surface area contributed by atoms with Gasteiger partial charge in [-0.15, -0.1) is 9.42 Å². The summed E-state index contributed by atoms with van der Waals surface area (Å²) in [4.78, 5) is 60.6. The Morgan fingerprint density at radius 2 is 1.67 bits per heavy atom. The van der Waals surface area contributed by atoms with Crippen LogP contribution >= 0.6 is 14.7 Å². The van der Waals surface area contributed by atoms with Gasteiger partial charge in [-0.2, -0.15) is 0 Å². The zero-order chi connectivity index (χ0) is 43.3. The summed E-state index contributed by atoms with van der Waals surface area (Å²) < 4.78 is 54.1. The third-order valence-electron chi connectivity index (χ3n) is 11.1. The van der Waals surface area contributed by atoms with Crippen LogP contribution in [0, 0.1) is 12.8 Å². The van der Waals surface area contributed by atoms with E-state index < -0.39 is 83.4 Å². The predicted octanol–water partition coefficient (Wildman–Crippen LogP) is 4.71. The average Bonchev–Trinajstić information content (AvgIpc) is 3.95. The number of rotatable bonds is 14. The number of fused-ring (bicyclic) bond motifs is 2. The molecule has 4 N–H and O–H groups in total. The van der Waals surface area contributed by atoms with Crippen LogP contribution in [-0.4, -0.2) is 114 Å². The van der Waals surface area contributed by atoms with Crippen LogP contribution in [0.4, 0.5) is 5.82 Å². The number of ether oxygens (including phenoxy) is 2. The van der Waals surface area contributed by atoms with E-state index in [0.29, 0.717) is 17.0 Å². The maximum absolute atomic E-state index is 13.1. The van der Waals surface area contributed by atoms with Gasteiger partial charge in [0.1, 0.15) is 30.5 Å². The monoisotopic (exact) mass is 904 g/mol. The maximum atomic E-state index is 13.1. The highest BCUT2D eigenvalue weighted by molar-refractivity contribution is 8.09. The lowest BCUT2D eigenvalue weighted by Crippen LogP contribution is -2.49. The molecule has 0 saturated carbocycles. The zero-order valence-electron chi connectivity index (χ0n) is 34.2. The number of nitrogens with zero attached hydrogens (tertiary/aromatic N) is 7. The number of aliphatic hydroxyl groups is 1. The molecule has 2 aliphatic rings. The fourth-order valence-corrected chi connectivity index (χ4v) is 10.4. The first-order valence-corrected chi connectivity index (χ1v) is 26.2. The van der Waals surface area contributed by atoms with Gasteiger partial charge in [0.15, 0.2) is 61.5 Å². The molecular formula is C36H48N9O11P2SSi+. The molecule has 0 aliphatic carbocycles. The van der Waals surface area contributed by atoms with Crippen LogP contribution in [-0.2, 0) is 43.8 Å². The molecule has 1 amide bonds. The molecule has 0 radical (unpaired) electrons. The highest BCUT2D eigenvalue weighted by atomic mass is 32.5. The van der Waals surface area contributed by atoms with Crippen molar-refractivity contribution in [1.29, 1.82) is 0 Å². The number of imidazole rings is 2. The fourth-order valence-electron chi connectivity index (χ4n) is 6.95. The number of hydrogen-bond acceptors (Lipinski definition) is 16. The maximum Gasteiger partial charge on any atom is 0.695 e. The van der Waals surface area contributed by atoms with E-state index in [1.165, 1.54) is 19.0 Å². The molecule has 2 fully saturated rings. The third kappa shape index (κ3) is 8.92. The SMILES string of the molecule is Cc1nc2c(ncn2[C@@H]2O[C@H](CO)C(C)[C@@H]2OP(C)(=S)OC[C@H]2O[C@@H](n3cnc4c(NC(=O)c5ccccc5)ncnc43)C(O[Si](C)(C)C(C)(C)C)[C@H]2O[P+](=O)O)c(=O)[nH]1. The molecule has 24 heteroatoms. The number of benzene rings is 1. The number of H-pyrrole nitrogens is 1. The summed E-state index contributed by atoms with van der Waals surface area (Å²) in [7, 11) is -5.82. The smallest absolute Gasteiger partial charge is 0.406 e. The van der Waals surface area contributed by atoms with Crippen LogP contribution in [0.1, 0.15) is 56.3 Å². The minimum Gasteiger partial charge on any atom is -0.406 e. The molecule has 60 heavy (non-hydrogen) atoms. The van der Waals surface area contributed by atoms with Gasteiger partial charge in [-0.1, -0.05) is 45.9 Å². The molecule has 6 heterocycles. The van der Waals surface area contributed by atoms with Crippen LogP contribution in [0.5, 0.6) is 0 Å². The number of hydrogen-bond donors (Lipinski definition) is 4. The molecule has 0 bridgehead atoms. The summed E-state index contributed by atoms with van der Waals surface area (Å²) in [6, 6.07) is 8.65. The van der Waals surface area contributed by atoms with Crippen molar-refractivity contribution in [2.24, 2.45) is 5.92 Å². The second kappa shape index (κ2) is 17.2. The Bertz CT molecular complexity index is 2500. The lowest BCUT2D eigenvalue weighted by molar-refractivity contribution is -0.0521. The first kappa shape index (κ1) is 44.3. The highest BCUT2D eigenvalue weighted by Crippen LogP contribution is 2.53. The molecule has 4 unspecified atom stereocenters. The first-order chi connectivity index (χ1) is 28.3. The molecule has 2 saturated heterocycles. The zero-order valence-corrected chi connectivity index (χ0v) is 37.8. The normalized spacial score (nSPS) is 26.1. The van der Waals surface area contributed by atoms with Crippen molar-refractivity contribution in [2.75, 3.05) is 25.2 Å². The van der Waals surface area contributed by atoms with Crippen LogP contribution in [0.15, 0.2) is 54.1 Å². The van der Waals surface area contributed by atoms with Gasteiger partial charge in [-0.25, -0.2) is 24.9 Å². The number of amides is 1. The number of aryl methyl sites for hydroxylation is 1.